The van der Waals surface area contributed by atoms with Crippen LogP contribution in [-0.2, 0) is 0 Å². The van der Waals surface area contributed by atoms with Gasteiger partial charge in [0.25, 0.3) is 0 Å². The van der Waals surface area contributed by atoms with Gasteiger partial charge in [-0.2, -0.15) is 0 Å². The summed E-state index contributed by atoms with van der Waals surface area (Å²) in [5, 5.41) is 3.99. The second kappa shape index (κ2) is 9.16. The molecular formula is C19H27Cl2N4O. The summed E-state index contributed by atoms with van der Waals surface area (Å²) < 4.78 is 0. The maximum Gasteiger partial charge on any atom is 0.333 e. The smallest absolute Gasteiger partial charge is 0.333 e. The fraction of sp³-hybridized carbons (Fsp3) is 0.632. The summed E-state index contributed by atoms with van der Waals surface area (Å²) >= 11 is 12.5. The number of hydrogen-bond acceptors (Lipinski definition) is 3. The molecule has 3 rings (SSSR count). The van der Waals surface area contributed by atoms with E-state index >= 15 is 0 Å². The highest BCUT2D eigenvalue weighted by Crippen LogP contribution is 2.33. The van der Waals surface area contributed by atoms with E-state index in [-0.39, 0.29) is 6.04 Å². The minimum atomic E-state index is -0.647. The first-order valence-electron chi connectivity index (χ1n) is 9.46. The number of hydrogen-bond donors (Lipinski definition) is 1. The minimum Gasteiger partial charge on any atom is -0.368 e. The Morgan fingerprint density at radius 3 is 2.46 bits per heavy atom. The molecule has 1 aromatic carbocycles. The Hall–Kier alpha value is -1.17. The zero-order chi connectivity index (χ0) is 18.5. The fourth-order valence-electron chi connectivity index (χ4n) is 4.10. The topological polar surface area (TPSA) is 59.4 Å². The summed E-state index contributed by atoms with van der Waals surface area (Å²) in [4.78, 5) is 15.7. The highest BCUT2D eigenvalue weighted by atomic mass is 35.5. The molecule has 1 aliphatic heterocycles. The van der Waals surface area contributed by atoms with Crippen molar-refractivity contribution in [1.82, 2.24) is 16.0 Å². The number of benzene rings is 1. The van der Waals surface area contributed by atoms with Crippen molar-refractivity contribution in [3.05, 3.63) is 28.2 Å². The molecule has 2 amide bonds. The Bertz CT molecular complexity index is 612. The van der Waals surface area contributed by atoms with Crippen LogP contribution in [0.2, 0.25) is 10.0 Å². The van der Waals surface area contributed by atoms with Gasteiger partial charge in [-0.25, -0.2) is 10.5 Å². The number of amides is 2. The van der Waals surface area contributed by atoms with Gasteiger partial charge in [-0.05, 0) is 56.7 Å². The van der Waals surface area contributed by atoms with Crippen LogP contribution in [-0.4, -0.2) is 49.7 Å². The third-order valence-corrected chi connectivity index (χ3v) is 6.49. The first-order chi connectivity index (χ1) is 12.5. The number of halogens is 2. The maximum atomic E-state index is 10.8. The third-order valence-electron chi connectivity index (χ3n) is 5.68. The van der Waals surface area contributed by atoms with E-state index < -0.39 is 6.03 Å². The Balaban J connectivity index is 1.38. The molecule has 1 heterocycles. The molecule has 2 aliphatic rings. The van der Waals surface area contributed by atoms with E-state index in [0.717, 1.165) is 70.0 Å². The second-order valence-corrected chi connectivity index (χ2v) is 8.17. The van der Waals surface area contributed by atoms with Gasteiger partial charge in [-0.15, -0.1) is 0 Å². The summed E-state index contributed by atoms with van der Waals surface area (Å²) in [5.74, 6) is 0.745. The van der Waals surface area contributed by atoms with Crippen molar-refractivity contribution >= 4 is 34.9 Å². The molecule has 0 unspecified atom stereocenters. The molecule has 1 saturated carbocycles. The van der Waals surface area contributed by atoms with Gasteiger partial charge in [0.15, 0.2) is 0 Å². The molecule has 2 N–H and O–H groups in total. The lowest BCUT2D eigenvalue weighted by atomic mass is 9.84. The van der Waals surface area contributed by atoms with Crippen molar-refractivity contribution in [2.45, 2.75) is 38.1 Å². The van der Waals surface area contributed by atoms with Gasteiger partial charge >= 0.3 is 6.03 Å². The number of carbonyl (C=O) groups is 1. The van der Waals surface area contributed by atoms with Crippen LogP contribution in [0, 0.1) is 5.92 Å². The van der Waals surface area contributed by atoms with Gasteiger partial charge in [0.2, 0.25) is 0 Å². The molecule has 5 nitrogen and oxygen atoms in total. The molecule has 1 saturated heterocycles. The summed E-state index contributed by atoms with van der Waals surface area (Å²) in [6.07, 6.45) is 5.55. The number of carbonyl (C=O) groups excluding carboxylic acids is 1. The van der Waals surface area contributed by atoms with Crippen molar-refractivity contribution < 1.29 is 4.79 Å². The molecule has 1 aromatic rings. The lowest BCUT2D eigenvalue weighted by Gasteiger charge is -2.37. The maximum absolute atomic E-state index is 10.8. The van der Waals surface area contributed by atoms with Crippen LogP contribution in [0.3, 0.4) is 0 Å². The minimum absolute atomic E-state index is 0.210. The first kappa shape index (κ1) is 19.6. The van der Waals surface area contributed by atoms with Crippen LogP contribution in [0.5, 0.6) is 0 Å². The largest absolute Gasteiger partial charge is 0.368 e. The van der Waals surface area contributed by atoms with Gasteiger partial charge in [0.1, 0.15) is 0 Å². The second-order valence-electron chi connectivity index (χ2n) is 7.38. The van der Waals surface area contributed by atoms with Crippen LogP contribution in [0.1, 0.15) is 32.1 Å². The van der Waals surface area contributed by atoms with E-state index in [1.54, 1.807) is 0 Å². The van der Waals surface area contributed by atoms with Crippen molar-refractivity contribution in [3.8, 4) is 0 Å². The van der Waals surface area contributed by atoms with Gasteiger partial charge < -0.3 is 10.2 Å². The highest BCUT2D eigenvalue weighted by Gasteiger charge is 2.24. The van der Waals surface area contributed by atoms with E-state index in [1.165, 1.54) is 6.42 Å². The van der Waals surface area contributed by atoms with E-state index in [0.29, 0.717) is 10.0 Å². The Morgan fingerprint density at radius 1 is 1.12 bits per heavy atom. The highest BCUT2D eigenvalue weighted by molar-refractivity contribution is 6.43. The number of rotatable bonds is 5. The quantitative estimate of drug-likeness (QED) is 0.814. The van der Waals surface area contributed by atoms with E-state index in [1.807, 2.05) is 18.2 Å². The average Bonchev–Trinajstić information content (AvgIpc) is 2.63. The molecule has 0 spiro atoms. The van der Waals surface area contributed by atoms with Crippen molar-refractivity contribution in [2.24, 2.45) is 5.92 Å². The van der Waals surface area contributed by atoms with Gasteiger partial charge in [0, 0.05) is 32.2 Å². The molecule has 0 bridgehead atoms. The van der Waals surface area contributed by atoms with Crippen molar-refractivity contribution in [1.29, 1.82) is 0 Å². The van der Waals surface area contributed by atoms with Gasteiger partial charge in [0.05, 0.1) is 15.7 Å². The van der Waals surface area contributed by atoms with E-state index in [9.17, 15) is 4.79 Å². The van der Waals surface area contributed by atoms with Crippen molar-refractivity contribution in [2.75, 3.05) is 37.6 Å². The van der Waals surface area contributed by atoms with Crippen molar-refractivity contribution in [3.63, 3.8) is 0 Å². The summed E-state index contributed by atoms with van der Waals surface area (Å²) in [7, 11) is 0. The number of nitrogens with one attached hydrogen (secondary N) is 2. The van der Waals surface area contributed by atoms with E-state index in [4.69, 9.17) is 28.9 Å². The zero-order valence-electron chi connectivity index (χ0n) is 15.0. The zero-order valence-corrected chi connectivity index (χ0v) is 16.5. The molecule has 1 aliphatic carbocycles. The molecular weight excluding hydrogens is 371 g/mol. The standard InChI is InChI=1S/C19H27Cl2N4O/c20-16-2-1-3-17(18(16)21)25-12-10-24(11-13-25)9-8-14-4-6-15(7-5-14)23-19(22)26/h1-3,14-15,22H,4-13H2,(H,23,26)/t14-,15-. The number of nitrogens with zero attached hydrogens (tertiary/aromatic N) is 2. The molecule has 7 heteroatoms. The molecule has 0 aromatic heterocycles. The third kappa shape index (κ3) is 5.18. The normalized spacial score (nSPS) is 24.5. The monoisotopic (exact) mass is 397 g/mol. The SMILES string of the molecule is [NH]C(=O)N[C@H]1CC[C@H](CCN2CCN(c3cccc(Cl)c3Cl)CC2)CC1. The van der Waals surface area contributed by atoms with Gasteiger partial charge in [-0.3, -0.25) is 4.90 Å². The average molecular weight is 398 g/mol. The summed E-state index contributed by atoms with van der Waals surface area (Å²) in [6, 6.07) is 5.38. The lowest BCUT2D eigenvalue weighted by Crippen LogP contribution is -2.47. The Kier molecular flexibility index (Phi) is 6.90. The predicted octanol–water partition coefficient (Wildman–Crippen LogP) is 4.06. The van der Waals surface area contributed by atoms with Crippen LogP contribution in [0.15, 0.2) is 18.2 Å². The number of urea groups is 1. The van der Waals surface area contributed by atoms with Crippen LogP contribution in [0.25, 0.3) is 0 Å². The Morgan fingerprint density at radius 2 is 1.81 bits per heavy atom. The van der Waals surface area contributed by atoms with E-state index in [2.05, 4.69) is 15.1 Å². The van der Waals surface area contributed by atoms with Crippen LogP contribution < -0.4 is 16.0 Å². The molecule has 1 radical (unpaired) electrons. The summed E-state index contributed by atoms with van der Waals surface area (Å²) in [6.45, 7) is 5.18. The number of anilines is 1. The van der Waals surface area contributed by atoms with Gasteiger partial charge in [-0.1, -0.05) is 29.3 Å². The van der Waals surface area contributed by atoms with Crippen LogP contribution >= 0.6 is 23.2 Å². The number of piperazine rings is 1. The molecule has 26 heavy (non-hydrogen) atoms. The fourth-order valence-corrected chi connectivity index (χ4v) is 4.51. The summed E-state index contributed by atoms with van der Waals surface area (Å²) in [5.41, 5.74) is 8.04. The predicted molar refractivity (Wildman–Crippen MR) is 107 cm³/mol. The van der Waals surface area contributed by atoms with Crippen LogP contribution in [0.4, 0.5) is 10.5 Å². The Labute approximate surface area is 165 Å². The molecule has 143 valence electrons. The lowest BCUT2D eigenvalue weighted by molar-refractivity contribution is 0.207. The first-order valence-corrected chi connectivity index (χ1v) is 10.2. The molecule has 2 fully saturated rings. The molecule has 0 atom stereocenters.